The number of aryl methyl sites for hydroxylation is 1. The van der Waals surface area contributed by atoms with E-state index in [4.69, 9.17) is 11.6 Å². The van der Waals surface area contributed by atoms with Gasteiger partial charge in [0, 0.05) is 15.3 Å². The predicted octanol–water partition coefficient (Wildman–Crippen LogP) is 4.36. The predicted molar refractivity (Wildman–Crippen MR) is 72.7 cm³/mol. The van der Waals surface area contributed by atoms with Gasteiger partial charge in [0.15, 0.2) is 5.78 Å². The number of rotatable bonds is 3. The van der Waals surface area contributed by atoms with Crippen LogP contribution < -0.4 is 0 Å². The van der Waals surface area contributed by atoms with Crippen molar-refractivity contribution in [3.8, 4) is 0 Å². The van der Waals surface area contributed by atoms with E-state index in [0.717, 1.165) is 5.56 Å². The fourth-order valence-electron chi connectivity index (χ4n) is 1.13. The van der Waals surface area contributed by atoms with Crippen LogP contribution in [-0.2, 0) is 0 Å². The van der Waals surface area contributed by atoms with E-state index in [1.54, 1.807) is 17.8 Å². The van der Waals surface area contributed by atoms with Crippen molar-refractivity contribution in [3.63, 3.8) is 0 Å². The second-order valence-electron chi connectivity index (χ2n) is 4.79. The van der Waals surface area contributed by atoms with Crippen LogP contribution in [0.3, 0.4) is 0 Å². The molecule has 0 aliphatic rings. The Morgan fingerprint density at radius 1 is 1.38 bits per heavy atom. The van der Waals surface area contributed by atoms with Crippen molar-refractivity contribution in [2.24, 2.45) is 0 Å². The summed E-state index contributed by atoms with van der Waals surface area (Å²) in [4.78, 5) is 11.9. The van der Waals surface area contributed by atoms with Gasteiger partial charge in [-0.25, -0.2) is 0 Å². The van der Waals surface area contributed by atoms with Gasteiger partial charge in [-0.2, -0.15) is 0 Å². The van der Waals surface area contributed by atoms with Gasteiger partial charge in [0.2, 0.25) is 0 Å². The van der Waals surface area contributed by atoms with E-state index in [0.29, 0.717) is 16.3 Å². The normalized spacial score (nSPS) is 11.6. The molecule has 1 rings (SSSR count). The van der Waals surface area contributed by atoms with E-state index < -0.39 is 0 Å². The molecule has 1 aromatic carbocycles. The minimum absolute atomic E-state index is 0.115. The van der Waals surface area contributed by atoms with E-state index >= 15 is 0 Å². The van der Waals surface area contributed by atoms with Gasteiger partial charge >= 0.3 is 0 Å². The van der Waals surface area contributed by atoms with Gasteiger partial charge in [-0.3, -0.25) is 4.79 Å². The Hall–Kier alpha value is -0.470. The van der Waals surface area contributed by atoms with Crippen molar-refractivity contribution >= 4 is 29.1 Å². The highest BCUT2D eigenvalue weighted by atomic mass is 35.5. The molecule has 1 nitrogen and oxygen atoms in total. The first-order valence-electron chi connectivity index (χ1n) is 5.23. The van der Waals surface area contributed by atoms with Crippen LogP contribution in [0.25, 0.3) is 0 Å². The molecule has 0 N–H and O–H groups in total. The molecule has 0 amide bonds. The molecule has 0 aliphatic carbocycles. The molecule has 1 aromatic rings. The Morgan fingerprint density at radius 3 is 2.50 bits per heavy atom. The zero-order chi connectivity index (χ0) is 12.3. The summed E-state index contributed by atoms with van der Waals surface area (Å²) in [6, 6.07) is 5.48. The van der Waals surface area contributed by atoms with Crippen molar-refractivity contribution in [3.05, 3.63) is 34.3 Å². The lowest BCUT2D eigenvalue weighted by Gasteiger charge is -2.16. The van der Waals surface area contributed by atoms with Crippen molar-refractivity contribution in [2.45, 2.75) is 32.4 Å². The van der Waals surface area contributed by atoms with Gasteiger partial charge in [0.25, 0.3) is 0 Å². The van der Waals surface area contributed by atoms with Gasteiger partial charge in [-0.1, -0.05) is 44.5 Å². The van der Waals surface area contributed by atoms with Gasteiger partial charge < -0.3 is 0 Å². The second-order valence-corrected chi connectivity index (χ2v) is 7.00. The SMILES string of the molecule is Cc1ccc(C(=O)CSC(C)(C)C)cc1Cl. The summed E-state index contributed by atoms with van der Waals surface area (Å²) in [6.45, 7) is 8.24. The third-order valence-electron chi connectivity index (χ3n) is 2.13. The maximum atomic E-state index is 11.9. The summed E-state index contributed by atoms with van der Waals surface area (Å²) in [7, 11) is 0. The summed E-state index contributed by atoms with van der Waals surface area (Å²) in [5, 5.41) is 0.659. The zero-order valence-electron chi connectivity index (χ0n) is 10.1. The second kappa shape index (κ2) is 5.24. The molecule has 0 bridgehead atoms. The summed E-state index contributed by atoms with van der Waals surface area (Å²) in [5.74, 6) is 0.643. The smallest absolute Gasteiger partial charge is 0.172 e. The van der Waals surface area contributed by atoms with Crippen molar-refractivity contribution in [1.82, 2.24) is 0 Å². The number of Topliss-reactive ketones (excluding diaryl/α,β-unsaturated/α-hetero) is 1. The first-order valence-corrected chi connectivity index (χ1v) is 6.59. The van der Waals surface area contributed by atoms with Crippen LogP contribution in [0.4, 0.5) is 0 Å². The minimum atomic E-state index is 0.115. The van der Waals surface area contributed by atoms with Gasteiger partial charge in [0.1, 0.15) is 0 Å². The number of ketones is 1. The maximum absolute atomic E-state index is 11.9. The number of hydrogen-bond acceptors (Lipinski definition) is 2. The van der Waals surface area contributed by atoms with Gasteiger partial charge in [-0.05, 0) is 18.6 Å². The first kappa shape index (κ1) is 13.6. The molecule has 0 atom stereocenters. The Labute approximate surface area is 107 Å². The molecule has 0 aliphatic heterocycles. The summed E-state index contributed by atoms with van der Waals surface area (Å²) in [5.41, 5.74) is 1.70. The molecule has 3 heteroatoms. The Bertz CT molecular complexity index is 393. The van der Waals surface area contributed by atoms with Crippen LogP contribution in [0.1, 0.15) is 36.7 Å². The molecule has 88 valence electrons. The zero-order valence-corrected chi connectivity index (χ0v) is 11.7. The van der Waals surface area contributed by atoms with Crippen LogP contribution >= 0.6 is 23.4 Å². The topological polar surface area (TPSA) is 17.1 Å². The summed E-state index contributed by atoms with van der Waals surface area (Å²) < 4.78 is 0.115. The highest BCUT2D eigenvalue weighted by molar-refractivity contribution is 8.01. The molecule has 0 heterocycles. The number of benzene rings is 1. The molecule has 0 radical (unpaired) electrons. The van der Waals surface area contributed by atoms with Crippen molar-refractivity contribution < 1.29 is 4.79 Å². The summed E-state index contributed by atoms with van der Waals surface area (Å²) >= 11 is 7.64. The van der Waals surface area contributed by atoms with E-state index in [2.05, 4.69) is 20.8 Å². The first-order chi connectivity index (χ1) is 7.29. The number of carbonyl (C=O) groups excluding carboxylic acids is 1. The lowest BCUT2D eigenvalue weighted by Crippen LogP contribution is -2.13. The van der Waals surface area contributed by atoms with Crippen molar-refractivity contribution in [1.29, 1.82) is 0 Å². The van der Waals surface area contributed by atoms with Crippen molar-refractivity contribution in [2.75, 3.05) is 5.75 Å². The van der Waals surface area contributed by atoms with Crippen LogP contribution in [-0.4, -0.2) is 16.3 Å². The van der Waals surface area contributed by atoms with E-state index in [-0.39, 0.29) is 10.5 Å². The number of halogens is 1. The molecule has 16 heavy (non-hydrogen) atoms. The monoisotopic (exact) mass is 256 g/mol. The third kappa shape index (κ3) is 4.18. The fourth-order valence-corrected chi connectivity index (χ4v) is 2.04. The lowest BCUT2D eigenvalue weighted by molar-refractivity contribution is 0.102. The van der Waals surface area contributed by atoms with Crippen LogP contribution in [0, 0.1) is 6.92 Å². The van der Waals surface area contributed by atoms with Crippen LogP contribution in [0.5, 0.6) is 0 Å². The molecule has 0 aromatic heterocycles. The third-order valence-corrected chi connectivity index (χ3v) is 3.81. The average molecular weight is 257 g/mol. The number of hydrogen-bond donors (Lipinski definition) is 0. The highest BCUT2D eigenvalue weighted by Gasteiger charge is 2.14. The van der Waals surface area contributed by atoms with Crippen LogP contribution in [0.2, 0.25) is 5.02 Å². The molecule has 0 saturated heterocycles. The Morgan fingerprint density at radius 2 is 2.00 bits per heavy atom. The van der Waals surface area contributed by atoms with Gasteiger partial charge in [0.05, 0.1) is 5.75 Å². The molecular formula is C13H17ClOS. The maximum Gasteiger partial charge on any atom is 0.172 e. The van der Waals surface area contributed by atoms with E-state index in [9.17, 15) is 4.79 Å². The molecule has 0 fully saturated rings. The average Bonchev–Trinajstić information content (AvgIpc) is 2.17. The number of thioether (sulfide) groups is 1. The van der Waals surface area contributed by atoms with E-state index in [1.807, 2.05) is 19.1 Å². The minimum Gasteiger partial charge on any atom is -0.293 e. The molecular weight excluding hydrogens is 240 g/mol. The molecule has 0 spiro atoms. The lowest BCUT2D eigenvalue weighted by atomic mass is 10.1. The number of carbonyl (C=O) groups is 1. The quantitative estimate of drug-likeness (QED) is 0.748. The standard InChI is InChI=1S/C13H17ClOS/c1-9-5-6-10(7-11(9)14)12(15)8-16-13(2,3)4/h5-7H,8H2,1-4H3. The van der Waals surface area contributed by atoms with E-state index in [1.165, 1.54) is 0 Å². The fraction of sp³-hybridized carbons (Fsp3) is 0.462. The molecule has 0 unspecified atom stereocenters. The Kier molecular flexibility index (Phi) is 4.45. The Balaban J connectivity index is 2.70. The summed E-state index contributed by atoms with van der Waals surface area (Å²) in [6.07, 6.45) is 0. The van der Waals surface area contributed by atoms with Crippen LogP contribution in [0.15, 0.2) is 18.2 Å². The highest BCUT2D eigenvalue weighted by Crippen LogP contribution is 2.25. The largest absolute Gasteiger partial charge is 0.293 e. The molecule has 0 saturated carbocycles. The van der Waals surface area contributed by atoms with Gasteiger partial charge in [-0.15, -0.1) is 11.8 Å².